The molecule has 0 aromatic carbocycles. The molecule has 0 spiro atoms. The van der Waals surface area contributed by atoms with Gasteiger partial charge in [0.25, 0.3) is 0 Å². The molecule has 0 unspecified atom stereocenters. The third-order valence-electron chi connectivity index (χ3n) is 0.614. The minimum Gasteiger partial charge on any atom is -0.448 e. The molecule has 1 N–H and O–H groups in total. The molecule has 1 heterocycles. The smallest absolute Gasteiger partial charge is 0.202 e. The van der Waals surface area contributed by atoms with E-state index in [4.69, 9.17) is 4.42 Å². The lowest BCUT2D eigenvalue weighted by Crippen LogP contribution is -1.68. The van der Waals surface area contributed by atoms with Gasteiger partial charge in [-0.15, -0.1) is 0 Å². The highest BCUT2D eigenvalue weighted by atomic mass is 79.9. The van der Waals surface area contributed by atoms with Crippen LogP contribution in [0.15, 0.2) is 22.8 Å². The minimum atomic E-state index is 0.722. The predicted octanol–water partition coefficient (Wildman–Crippen LogP) is 2.00. The molecule has 1 rings (SSSR count). The second-order valence-electron chi connectivity index (χ2n) is 1.07. The predicted molar refractivity (Wildman–Crippen MR) is 31.3 cm³/mol. The molecule has 0 amide bonds. The van der Waals surface area contributed by atoms with E-state index in [1.54, 1.807) is 6.26 Å². The molecule has 38 valence electrons. The summed E-state index contributed by atoms with van der Waals surface area (Å²) in [4.78, 5) is 0. The van der Waals surface area contributed by atoms with E-state index in [0.29, 0.717) is 0 Å². The zero-order valence-electron chi connectivity index (χ0n) is 3.52. The van der Waals surface area contributed by atoms with Crippen LogP contribution in [0.4, 0.5) is 5.88 Å². The number of nitrogens with one attached hydrogen (secondary N) is 1. The van der Waals surface area contributed by atoms with Gasteiger partial charge in [0.1, 0.15) is 0 Å². The van der Waals surface area contributed by atoms with E-state index in [9.17, 15) is 0 Å². The quantitative estimate of drug-likeness (QED) is 0.638. The fourth-order valence-corrected chi connectivity index (χ4v) is 0.558. The van der Waals surface area contributed by atoms with Crippen molar-refractivity contribution in [2.24, 2.45) is 0 Å². The number of anilines is 1. The molecule has 0 fully saturated rings. The molecule has 3 heteroatoms. The summed E-state index contributed by atoms with van der Waals surface area (Å²) in [6.45, 7) is 0. The van der Waals surface area contributed by atoms with Gasteiger partial charge in [0.05, 0.1) is 6.26 Å². The second-order valence-corrected chi connectivity index (χ2v) is 1.47. The largest absolute Gasteiger partial charge is 0.448 e. The fraction of sp³-hybridized carbons (Fsp3) is 0. The Morgan fingerprint density at radius 3 is 2.86 bits per heavy atom. The van der Waals surface area contributed by atoms with Crippen molar-refractivity contribution in [1.82, 2.24) is 0 Å². The van der Waals surface area contributed by atoms with Crippen molar-refractivity contribution in [3.05, 3.63) is 18.4 Å². The highest BCUT2D eigenvalue weighted by Gasteiger charge is 1.83. The summed E-state index contributed by atoms with van der Waals surface area (Å²) in [5, 5.41) is 0. The molecular formula is C4H4BrNO. The van der Waals surface area contributed by atoms with Gasteiger partial charge in [0.15, 0.2) is 0 Å². The van der Waals surface area contributed by atoms with Crippen molar-refractivity contribution in [2.75, 3.05) is 4.34 Å². The minimum absolute atomic E-state index is 0.722. The lowest BCUT2D eigenvalue weighted by atomic mass is 10.6. The summed E-state index contributed by atoms with van der Waals surface area (Å²) < 4.78 is 7.48. The topological polar surface area (TPSA) is 25.2 Å². The molecule has 0 saturated heterocycles. The van der Waals surface area contributed by atoms with E-state index >= 15 is 0 Å². The van der Waals surface area contributed by atoms with Gasteiger partial charge in [-0.2, -0.15) is 0 Å². The van der Waals surface area contributed by atoms with E-state index in [1.165, 1.54) is 0 Å². The van der Waals surface area contributed by atoms with E-state index in [1.807, 2.05) is 12.1 Å². The van der Waals surface area contributed by atoms with Crippen molar-refractivity contribution >= 4 is 22.0 Å². The molecule has 1 aromatic heterocycles. The molecule has 7 heavy (non-hydrogen) atoms. The Labute approximate surface area is 49.9 Å². The number of rotatable bonds is 1. The van der Waals surface area contributed by atoms with Crippen LogP contribution in [-0.2, 0) is 0 Å². The summed E-state index contributed by atoms with van der Waals surface area (Å²) in [7, 11) is 0. The number of furan rings is 1. The van der Waals surface area contributed by atoms with Crippen LogP contribution in [0.1, 0.15) is 0 Å². The summed E-state index contributed by atoms with van der Waals surface area (Å²) in [6.07, 6.45) is 1.60. The van der Waals surface area contributed by atoms with Gasteiger partial charge in [-0.25, -0.2) is 0 Å². The molecule has 0 radical (unpaired) electrons. The molecule has 0 atom stereocenters. The number of hydrogen-bond donors (Lipinski definition) is 1. The van der Waals surface area contributed by atoms with Gasteiger partial charge in [-0.1, -0.05) is 0 Å². The van der Waals surface area contributed by atoms with Gasteiger partial charge in [0.2, 0.25) is 5.88 Å². The molecule has 2 nitrogen and oxygen atoms in total. The lowest BCUT2D eigenvalue weighted by Gasteiger charge is -1.82. The van der Waals surface area contributed by atoms with Crippen LogP contribution >= 0.6 is 16.1 Å². The van der Waals surface area contributed by atoms with E-state index < -0.39 is 0 Å². The molecule has 0 aliphatic heterocycles. The average molecular weight is 162 g/mol. The van der Waals surface area contributed by atoms with E-state index in [-0.39, 0.29) is 0 Å². The van der Waals surface area contributed by atoms with Crippen molar-refractivity contribution in [1.29, 1.82) is 0 Å². The van der Waals surface area contributed by atoms with Crippen LogP contribution in [0, 0.1) is 0 Å². The second kappa shape index (κ2) is 2.02. The van der Waals surface area contributed by atoms with Gasteiger partial charge in [-0.05, 0) is 6.07 Å². The van der Waals surface area contributed by atoms with Gasteiger partial charge < -0.3 is 4.42 Å². The highest BCUT2D eigenvalue weighted by molar-refractivity contribution is 9.10. The third kappa shape index (κ3) is 0.962. The van der Waals surface area contributed by atoms with E-state index in [0.717, 1.165) is 5.88 Å². The van der Waals surface area contributed by atoms with Gasteiger partial charge in [-0.3, -0.25) is 4.34 Å². The monoisotopic (exact) mass is 161 g/mol. The normalized spacial score (nSPS) is 8.71. The number of hydrogen-bond acceptors (Lipinski definition) is 2. The van der Waals surface area contributed by atoms with Crippen molar-refractivity contribution in [3.8, 4) is 0 Å². The summed E-state index contributed by atoms with van der Waals surface area (Å²) >= 11 is 2.99. The molecule has 0 aliphatic rings. The maximum absolute atomic E-state index is 4.82. The van der Waals surface area contributed by atoms with Crippen LogP contribution in [-0.4, -0.2) is 0 Å². The SMILES string of the molecule is BrNc1ccco1. The van der Waals surface area contributed by atoms with Gasteiger partial charge >= 0.3 is 0 Å². The molecule has 0 bridgehead atoms. The summed E-state index contributed by atoms with van der Waals surface area (Å²) in [5.41, 5.74) is 0. The summed E-state index contributed by atoms with van der Waals surface area (Å²) in [5.74, 6) is 0.722. The fourth-order valence-electron chi connectivity index (χ4n) is 0.332. The maximum Gasteiger partial charge on any atom is 0.202 e. The molecule has 0 saturated carbocycles. The first kappa shape index (κ1) is 4.71. The van der Waals surface area contributed by atoms with Crippen LogP contribution in [0.25, 0.3) is 0 Å². The Morgan fingerprint density at radius 2 is 2.57 bits per heavy atom. The highest BCUT2D eigenvalue weighted by Crippen LogP contribution is 2.07. The zero-order chi connectivity index (χ0) is 5.11. The Balaban J connectivity index is 2.76. The van der Waals surface area contributed by atoms with E-state index in [2.05, 4.69) is 20.5 Å². The molecule has 1 aromatic rings. The van der Waals surface area contributed by atoms with Crippen LogP contribution in [0.5, 0.6) is 0 Å². The van der Waals surface area contributed by atoms with Gasteiger partial charge in [0, 0.05) is 22.2 Å². The first-order valence-corrected chi connectivity index (χ1v) is 2.63. The number of halogens is 1. The first-order chi connectivity index (χ1) is 3.43. The first-order valence-electron chi connectivity index (χ1n) is 1.83. The standard InChI is InChI=1S/C4H4BrNO/c5-6-4-2-1-3-7-4/h1-3,6H. The van der Waals surface area contributed by atoms with Crippen LogP contribution in [0.3, 0.4) is 0 Å². The van der Waals surface area contributed by atoms with Crippen molar-refractivity contribution in [2.45, 2.75) is 0 Å². The molecular weight excluding hydrogens is 158 g/mol. The van der Waals surface area contributed by atoms with Crippen molar-refractivity contribution < 1.29 is 4.42 Å². The Kier molecular flexibility index (Phi) is 1.36. The average Bonchev–Trinajstić information content (AvgIpc) is 2.14. The van der Waals surface area contributed by atoms with Crippen LogP contribution < -0.4 is 4.34 Å². The van der Waals surface area contributed by atoms with Crippen molar-refractivity contribution in [3.63, 3.8) is 0 Å². The lowest BCUT2D eigenvalue weighted by molar-refractivity contribution is 0.588. The summed E-state index contributed by atoms with van der Waals surface area (Å²) in [6, 6.07) is 3.62. The third-order valence-corrected chi connectivity index (χ3v) is 1.01. The Bertz CT molecular complexity index is 126. The van der Waals surface area contributed by atoms with Crippen LogP contribution in [0.2, 0.25) is 0 Å². The Hall–Kier alpha value is -0.440. The molecule has 0 aliphatic carbocycles. The maximum atomic E-state index is 4.82. The Morgan fingerprint density at radius 1 is 1.71 bits per heavy atom. The zero-order valence-corrected chi connectivity index (χ0v) is 5.10.